The molecule has 0 unspecified atom stereocenters. The van der Waals surface area contributed by atoms with Crippen LogP contribution in [-0.2, 0) is 60.8 Å². The number of nitrogens with two attached hydrogens (primary N) is 8. The van der Waals surface area contributed by atoms with E-state index in [0.717, 1.165) is 0 Å². The molecule has 27 heteroatoms. The van der Waals surface area contributed by atoms with Crippen molar-refractivity contribution < 1.29 is 47.9 Å². The second kappa shape index (κ2) is 31.8. The number of nitrogens with zero attached hydrogens (tertiary/aromatic N) is 2. The van der Waals surface area contributed by atoms with Crippen LogP contribution in [0.4, 0.5) is 0 Å². The van der Waals surface area contributed by atoms with E-state index in [-0.39, 0.29) is 75.9 Å². The lowest BCUT2D eigenvalue weighted by Gasteiger charge is -2.28. The van der Waals surface area contributed by atoms with Gasteiger partial charge in [0.1, 0.15) is 42.3 Å². The first-order chi connectivity index (χ1) is 34.5. The Bertz CT molecular complexity index is 2260. The van der Waals surface area contributed by atoms with Crippen LogP contribution in [0.3, 0.4) is 0 Å². The number of carbonyl (C=O) groups excluding carboxylic acids is 10. The van der Waals surface area contributed by atoms with Crippen molar-refractivity contribution in [1.29, 1.82) is 0 Å². The maximum atomic E-state index is 14.4. The van der Waals surface area contributed by atoms with E-state index in [4.69, 9.17) is 45.9 Å². The van der Waals surface area contributed by atoms with Crippen molar-refractivity contribution in [3.05, 3.63) is 71.8 Å². The van der Waals surface area contributed by atoms with Crippen molar-refractivity contribution in [2.45, 2.75) is 114 Å². The van der Waals surface area contributed by atoms with Crippen LogP contribution in [0.5, 0.6) is 0 Å². The zero-order valence-electron chi connectivity index (χ0n) is 41.0. The van der Waals surface area contributed by atoms with Gasteiger partial charge in [-0.15, -0.1) is 0 Å². The molecule has 0 fully saturated rings. The second-order valence-electron chi connectivity index (χ2n) is 17.3. The smallest absolute Gasteiger partial charge is 0.243 e. The third kappa shape index (κ3) is 24.4. The Kier molecular flexibility index (Phi) is 26.5. The molecule has 0 bridgehead atoms. The van der Waals surface area contributed by atoms with E-state index >= 15 is 0 Å². The number of amides is 10. The van der Waals surface area contributed by atoms with Gasteiger partial charge in [0.15, 0.2) is 11.9 Å². The van der Waals surface area contributed by atoms with Gasteiger partial charge < -0.3 is 83.1 Å². The van der Waals surface area contributed by atoms with Gasteiger partial charge in [-0.05, 0) is 49.1 Å². The number of primary amides is 3. The van der Waals surface area contributed by atoms with Gasteiger partial charge in [0.25, 0.3) is 0 Å². The number of hydrogen-bond acceptors (Lipinski definition) is 13. The number of guanidine groups is 2. The third-order valence-electron chi connectivity index (χ3n) is 10.6. The number of carbonyl (C=O) groups is 10. The van der Waals surface area contributed by atoms with E-state index in [1.807, 2.05) is 0 Å². The minimum absolute atomic E-state index is 0.0210. The molecule has 2 rings (SSSR count). The molecule has 0 aliphatic heterocycles. The van der Waals surface area contributed by atoms with Gasteiger partial charge in [-0.2, -0.15) is 0 Å². The number of hydrogen-bond donors (Lipinski definition) is 15. The fourth-order valence-corrected chi connectivity index (χ4v) is 7.09. The molecule has 2 aromatic carbocycles. The van der Waals surface area contributed by atoms with Gasteiger partial charge in [-0.1, -0.05) is 74.5 Å². The van der Waals surface area contributed by atoms with E-state index in [1.165, 1.54) is 0 Å². The van der Waals surface area contributed by atoms with Crippen LogP contribution in [0.1, 0.15) is 69.9 Å². The Balaban J connectivity index is 2.50. The number of aliphatic imine (C=N–C) groups is 2. The Morgan fingerprint density at radius 1 is 0.452 bits per heavy atom. The van der Waals surface area contributed by atoms with Gasteiger partial charge in [0.05, 0.1) is 19.4 Å². The van der Waals surface area contributed by atoms with Crippen molar-refractivity contribution in [3.8, 4) is 0 Å². The highest BCUT2D eigenvalue weighted by atomic mass is 16.2. The van der Waals surface area contributed by atoms with Crippen LogP contribution in [-0.4, -0.2) is 133 Å². The van der Waals surface area contributed by atoms with Gasteiger partial charge >= 0.3 is 0 Å². The van der Waals surface area contributed by atoms with Crippen LogP contribution in [0.15, 0.2) is 70.6 Å². The highest BCUT2D eigenvalue weighted by molar-refractivity contribution is 5.99. The molecule has 73 heavy (non-hydrogen) atoms. The Morgan fingerprint density at radius 3 is 1.19 bits per heavy atom. The zero-order valence-corrected chi connectivity index (χ0v) is 41.0. The Morgan fingerprint density at radius 2 is 0.795 bits per heavy atom. The molecule has 10 amide bonds. The van der Waals surface area contributed by atoms with Crippen LogP contribution in [0.25, 0.3) is 0 Å². The van der Waals surface area contributed by atoms with E-state index in [1.54, 1.807) is 74.5 Å². The molecular weight excluding hydrogens is 951 g/mol. The van der Waals surface area contributed by atoms with Gasteiger partial charge in [0, 0.05) is 25.9 Å². The summed E-state index contributed by atoms with van der Waals surface area (Å²) in [5.74, 6) is -10.0. The molecule has 0 heterocycles. The Labute approximate surface area is 422 Å². The van der Waals surface area contributed by atoms with Crippen molar-refractivity contribution >= 4 is 71.0 Å². The zero-order chi connectivity index (χ0) is 54.6. The van der Waals surface area contributed by atoms with Gasteiger partial charge in [-0.25, -0.2) is 0 Å². The molecule has 0 saturated carbocycles. The maximum Gasteiger partial charge on any atom is 0.243 e. The highest BCUT2D eigenvalue weighted by Crippen LogP contribution is 2.12. The first-order valence-corrected chi connectivity index (χ1v) is 23.4. The number of benzene rings is 2. The number of nitrogens with one attached hydrogen (secondary N) is 7. The van der Waals surface area contributed by atoms with Crippen LogP contribution in [0, 0.1) is 5.92 Å². The highest BCUT2D eigenvalue weighted by Gasteiger charge is 2.35. The van der Waals surface area contributed by atoms with Crippen LogP contribution in [0.2, 0.25) is 0 Å². The average molecular weight is 1020 g/mol. The van der Waals surface area contributed by atoms with E-state index < -0.39 is 121 Å². The van der Waals surface area contributed by atoms with Crippen molar-refractivity contribution in [2.24, 2.45) is 61.8 Å². The second-order valence-corrected chi connectivity index (χ2v) is 17.3. The summed E-state index contributed by atoms with van der Waals surface area (Å²) in [5.41, 5.74) is 44.9. The van der Waals surface area contributed by atoms with Crippen molar-refractivity contribution in [2.75, 3.05) is 19.6 Å². The lowest BCUT2D eigenvalue weighted by molar-refractivity contribution is -0.136. The summed E-state index contributed by atoms with van der Waals surface area (Å²) in [5, 5.41) is 17.6. The van der Waals surface area contributed by atoms with Gasteiger partial charge in [-0.3, -0.25) is 57.9 Å². The predicted octanol–water partition coefficient (Wildman–Crippen LogP) is -5.79. The lowest BCUT2D eigenvalue weighted by atomic mass is 9.99. The molecule has 0 aromatic heterocycles. The quantitative estimate of drug-likeness (QED) is 0.0180. The largest absolute Gasteiger partial charge is 0.370 e. The summed E-state index contributed by atoms with van der Waals surface area (Å²) >= 11 is 0. The summed E-state index contributed by atoms with van der Waals surface area (Å²) in [4.78, 5) is 141. The predicted molar refractivity (Wildman–Crippen MR) is 269 cm³/mol. The molecule has 0 aliphatic rings. The van der Waals surface area contributed by atoms with Crippen LogP contribution >= 0.6 is 0 Å². The molecule has 7 atom stereocenters. The standard InChI is InChI=1S/C46H71N17O10/c1-25(2)19-31(41(70)58-28(15-9-17-55-45(51)52)39(68)60-30(38(50)67)20-26-11-5-3-6-12-26)61-42(71)32(21-27-13-7-4-8-14-27)62-44(73)34(23-36(49)65)63-40(69)29(16-10-18-56-46(53)54)59-43(72)33(22-35(48)64)57-37(66)24-47/h3-8,11-14,25,28-34H,9-10,15-24,47H2,1-2H3,(H2,48,64)(H2,49,65)(H2,50,67)(H,57,66)(H,58,70)(H,59,72)(H,60,68)(H,61,71)(H,62,73)(H,63,69)(H4,51,52,55)(H4,53,54,56)/t28-,29-,30-,31-,32-,33-,34-/m0/s1. The molecule has 0 radical (unpaired) electrons. The average Bonchev–Trinajstić information content (AvgIpc) is 3.31. The summed E-state index contributed by atoms with van der Waals surface area (Å²) in [6.07, 6.45) is -1.55. The maximum absolute atomic E-state index is 14.4. The minimum atomic E-state index is -1.77. The molecule has 2 aromatic rings. The minimum Gasteiger partial charge on any atom is -0.370 e. The SMILES string of the molecule is CC(C)C[C@H](NC(=O)[C@H](Cc1ccccc1)NC(=O)[C@H](CC(N)=O)NC(=O)[C@H](CCCN=C(N)N)NC(=O)[C@H](CC(N)=O)NC(=O)CN)C(=O)N[C@@H](CCCN=C(N)N)C(=O)N[C@@H](Cc1ccccc1)C(N)=O. The summed E-state index contributed by atoms with van der Waals surface area (Å²) in [7, 11) is 0. The molecule has 0 spiro atoms. The molecular formula is C46H71N17O10. The van der Waals surface area contributed by atoms with Gasteiger partial charge in [0.2, 0.25) is 59.1 Å². The molecule has 0 saturated heterocycles. The molecule has 0 aliphatic carbocycles. The first-order valence-electron chi connectivity index (χ1n) is 23.4. The van der Waals surface area contributed by atoms with E-state index in [2.05, 4.69) is 47.2 Å². The normalized spacial score (nSPS) is 13.6. The molecule has 400 valence electrons. The first kappa shape index (κ1) is 60.8. The topological polar surface area (TPSA) is 488 Å². The van der Waals surface area contributed by atoms with Crippen LogP contribution < -0.4 is 83.1 Å². The monoisotopic (exact) mass is 1020 g/mol. The lowest BCUT2D eigenvalue weighted by Crippen LogP contribution is -2.61. The van der Waals surface area contributed by atoms with Crippen molar-refractivity contribution in [3.63, 3.8) is 0 Å². The van der Waals surface area contributed by atoms with E-state index in [9.17, 15) is 47.9 Å². The fraction of sp³-hybridized carbons (Fsp3) is 0.478. The number of rotatable bonds is 33. The van der Waals surface area contributed by atoms with E-state index in [0.29, 0.717) is 11.1 Å². The summed E-state index contributed by atoms with van der Waals surface area (Å²) < 4.78 is 0. The Hall–Kier alpha value is -8.36. The molecule has 27 nitrogen and oxygen atoms in total. The molecule has 23 N–H and O–H groups in total. The summed E-state index contributed by atoms with van der Waals surface area (Å²) in [6.45, 7) is 3.06. The third-order valence-corrected chi connectivity index (χ3v) is 10.6. The fourth-order valence-electron chi connectivity index (χ4n) is 7.09. The summed E-state index contributed by atoms with van der Waals surface area (Å²) in [6, 6.07) is 7.03. The van der Waals surface area contributed by atoms with Crippen molar-refractivity contribution in [1.82, 2.24) is 37.2 Å².